The Bertz CT molecular complexity index is 606. The first kappa shape index (κ1) is 21.5. The summed E-state index contributed by atoms with van der Waals surface area (Å²) in [4.78, 5) is 19.5. The van der Waals surface area contributed by atoms with E-state index in [0.717, 1.165) is 44.6 Å². The highest BCUT2D eigenvalue weighted by molar-refractivity contribution is 5.79. The Labute approximate surface area is 164 Å². The summed E-state index contributed by atoms with van der Waals surface area (Å²) in [5.74, 6) is 1.54. The third-order valence-corrected chi connectivity index (χ3v) is 5.29. The van der Waals surface area contributed by atoms with E-state index in [1.807, 2.05) is 23.1 Å². The van der Waals surface area contributed by atoms with Crippen molar-refractivity contribution in [2.45, 2.75) is 31.7 Å². The normalized spacial score (nSPS) is 17.4. The van der Waals surface area contributed by atoms with Gasteiger partial charge in [0.25, 0.3) is 0 Å². The quantitative estimate of drug-likeness (QED) is 0.660. The first-order chi connectivity index (χ1) is 12.9. The van der Waals surface area contributed by atoms with E-state index in [2.05, 4.69) is 30.9 Å². The summed E-state index contributed by atoms with van der Waals surface area (Å²) in [5, 5.41) is 0. The fraction of sp³-hybridized carbons (Fsp3) is 0.667. The second-order valence-corrected chi connectivity index (χ2v) is 7.64. The maximum atomic E-state index is 12.8. The monoisotopic (exact) mass is 377 g/mol. The average Bonchev–Trinajstić information content (AvgIpc) is 2.67. The molecule has 1 aromatic rings. The molecule has 0 spiro atoms. The molecule has 27 heavy (non-hydrogen) atoms. The smallest absolute Gasteiger partial charge is 0.227 e. The number of hydrogen-bond donors (Lipinski definition) is 0. The third kappa shape index (κ3) is 6.40. The molecule has 1 atom stereocenters. The maximum absolute atomic E-state index is 12.8. The van der Waals surface area contributed by atoms with Crippen molar-refractivity contribution in [3.05, 3.63) is 23.8 Å². The van der Waals surface area contributed by atoms with Crippen molar-refractivity contribution in [1.82, 2.24) is 14.7 Å². The minimum atomic E-state index is 0.189. The fourth-order valence-electron chi connectivity index (χ4n) is 3.64. The maximum Gasteiger partial charge on any atom is 0.227 e. The molecule has 0 aliphatic carbocycles. The lowest BCUT2D eigenvalue weighted by atomic mass is 10.0. The molecular formula is C21H35N3O3. The molecule has 1 amide bonds. The predicted octanol–water partition coefficient (Wildman–Crippen LogP) is 2.12. The predicted molar refractivity (Wildman–Crippen MR) is 109 cm³/mol. The fourth-order valence-corrected chi connectivity index (χ4v) is 3.64. The van der Waals surface area contributed by atoms with E-state index in [0.29, 0.717) is 24.0 Å². The molecule has 1 aromatic carbocycles. The zero-order chi connectivity index (χ0) is 19.8. The van der Waals surface area contributed by atoms with Crippen LogP contribution in [-0.2, 0) is 11.2 Å². The number of methoxy groups -OCH3 is 2. The standard InChI is InChI=1S/C21H35N3O3/c1-22(2)11-7-12-23(3)18-8-6-13-24(16-18)21(25)15-17-9-10-19(26-4)20(14-17)27-5/h9-10,14,18H,6-8,11-13,15-16H2,1-5H3. The van der Waals surface area contributed by atoms with Crippen molar-refractivity contribution >= 4 is 5.91 Å². The van der Waals surface area contributed by atoms with Gasteiger partial charge in [0.2, 0.25) is 5.91 Å². The zero-order valence-electron chi connectivity index (χ0n) is 17.5. The highest BCUT2D eigenvalue weighted by Crippen LogP contribution is 2.28. The summed E-state index contributed by atoms with van der Waals surface area (Å²) in [6, 6.07) is 6.15. The van der Waals surface area contributed by atoms with Crippen molar-refractivity contribution < 1.29 is 14.3 Å². The van der Waals surface area contributed by atoms with E-state index in [4.69, 9.17) is 9.47 Å². The molecule has 6 heteroatoms. The Kier molecular flexibility index (Phi) is 8.38. The van der Waals surface area contributed by atoms with Crippen LogP contribution >= 0.6 is 0 Å². The van der Waals surface area contributed by atoms with Gasteiger partial charge in [0, 0.05) is 19.1 Å². The Morgan fingerprint density at radius 2 is 1.89 bits per heavy atom. The summed E-state index contributed by atoms with van der Waals surface area (Å²) >= 11 is 0. The van der Waals surface area contributed by atoms with E-state index in [9.17, 15) is 4.79 Å². The molecule has 0 radical (unpaired) electrons. The molecule has 152 valence electrons. The van der Waals surface area contributed by atoms with Crippen LogP contribution in [-0.4, -0.2) is 88.2 Å². The molecular weight excluding hydrogens is 342 g/mol. The number of ether oxygens (including phenoxy) is 2. The van der Waals surface area contributed by atoms with E-state index >= 15 is 0 Å². The van der Waals surface area contributed by atoms with Crippen LogP contribution in [0.4, 0.5) is 0 Å². The molecule has 1 aliphatic heterocycles. The first-order valence-corrected chi connectivity index (χ1v) is 9.78. The SMILES string of the molecule is COc1ccc(CC(=O)N2CCCC(N(C)CCCN(C)C)C2)cc1OC. The molecule has 1 heterocycles. The molecule has 1 unspecified atom stereocenters. The van der Waals surface area contributed by atoms with Gasteiger partial charge in [-0.2, -0.15) is 0 Å². The van der Waals surface area contributed by atoms with Crippen LogP contribution in [0.3, 0.4) is 0 Å². The lowest BCUT2D eigenvalue weighted by Gasteiger charge is -2.38. The van der Waals surface area contributed by atoms with Crippen LogP contribution in [0.1, 0.15) is 24.8 Å². The molecule has 1 fully saturated rings. The Hall–Kier alpha value is -1.79. The lowest BCUT2D eigenvalue weighted by molar-refractivity contribution is -0.132. The van der Waals surface area contributed by atoms with Crippen LogP contribution in [0.25, 0.3) is 0 Å². The molecule has 1 aliphatic rings. The average molecular weight is 378 g/mol. The summed E-state index contributed by atoms with van der Waals surface area (Å²) in [6.45, 7) is 3.85. The minimum Gasteiger partial charge on any atom is -0.493 e. The molecule has 0 N–H and O–H groups in total. The van der Waals surface area contributed by atoms with E-state index < -0.39 is 0 Å². The Morgan fingerprint density at radius 3 is 2.56 bits per heavy atom. The number of likely N-dealkylation sites (tertiary alicyclic amines) is 1. The van der Waals surface area contributed by atoms with Crippen molar-refractivity contribution in [2.24, 2.45) is 0 Å². The zero-order valence-corrected chi connectivity index (χ0v) is 17.5. The van der Waals surface area contributed by atoms with Crippen LogP contribution < -0.4 is 9.47 Å². The van der Waals surface area contributed by atoms with Gasteiger partial charge in [0.05, 0.1) is 20.6 Å². The molecule has 0 bridgehead atoms. The summed E-state index contributed by atoms with van der Waals surface area (Å²) in [5.41, 5.74) is 0.958. The summed E-state index contributed by atoms with van der Waals surface area (Å²) in [7, 11) is 9.63. The van der Waals surface area contributed by atoms with Gasteiger partial charge >= 0.3 is 0 Å². The van der Waals surface area contributed by atoms with Gasteiger partial charge in [-0.1, -0.05) is 6.07 Å². The second kappa shape index (κ2) is 10.5. The number of likely N-dealkylation sites (N-methyl/N-ethyl adjacent to an activating group) is 1. The van der Waals surface area contributed by atoms with Gasteiger partial charge < -0.3 is 24.2 Å². The van der Waals surface area contributed by atoms with Crippen LogP contribution in [0.15, 0.2) is 18.2 Å². The van der Waals surface area contributed by atoms with Crippen LogP contribution in [0, 0.1) is 0 Å². The van der Waals surface area contributed by atoms with Gasteiger partial charge in [-0.15, -0.1) is 0 Å². The highest BCUT2D eigenvalue weighted by Gasteiger charge is 2.26. The molecule has 0 saturated carbocycles. The second-order valence-electron chi connectivity index (χ2n) is 7.64. The number of benzene rings is 1. The molecule has 1 saturated heterocycles. The highest BCUT2D eigenvalue weighted by atomic mass is 16.5. The van der Waals surface area contributed by atoms with Crippen LogP contribution in [0.2, 0.25) is 0 Å². The van der Waals surface area contributed by atoms with Crippen molar-refractivity contribution in [1.29, 1.82) is 0 Å². The number of amides is 1. The Balaban J connectivity index is 1.90. The van der Waals surface area contributed by atoms with Crippen LogP contribution in [0.5, 0.6) is 11.5 Å². The molecule has 2 rings (SSSR count). The minimum absolute atomic E-state index is 0.189. The largest absolute Gasteiger partial charge is 0.493 e. The van der Waals surface area contributed by atoms with Gasteiger partial charge in [-0.05, 0) is 71.2 Å². The van der Waals surface area contributed by atoms with E-state index in [1.165, 1.54) is 6.42 Å². The summed E-state index contributed by atoms with van der Waals surface area (Å²) < 4.78 is 10.6. The van der Waals surface area contributed by atoms with Gasteiger partial charge in [-0.25, -0.2) is 0 Å². The number of carbonyl (C=O) groups excluding carboxylic acids is 1. The number of nitrogens with zero attached hydrogens (tertiary/aromatic N) is 3. The Morgan fingerprint density at radius 1 is 1.15 bits per heavy atom. The van der Waals surface area contributed by atoms with Crippen molar-refractivity contribution in [3.63, 3.8) is 0 Å². The molecule has 6 nitrogen and oxygen atoms in total. The third-order valence-electron chi connectivity index (χ3n) is 5.29. The summed E-state index contributed by atoms with van der Waals surface area (Å²) in [6.07, 6.45) is 3.79. The first-order valence-electron chi connectivity index (χ1n) is 9.78. The number of hydrogen-bond acceptors (Lipinski definition) is 5. The number of rotatable bonds is 9. The topological polar surface area (TPSA) is 45.2 Å². The van der Waals surface area contributed by atoms with Gasteiger partial charge in [-0.3, -0.25) is 4.79 Å². The number of piperidine rings is 1. The van der Waals surface area contributed by atoms with E-state index in [1.54, 1.807) is 14.2 Å². The number of carbonyl (C=O) groups is 1. The molecule has 0 aromatic heterocycles. The van der Waals surface area contributed by atoms with Gasteiger partial charge in [0.1, 0.15) is 0 Å². The van der Waals surface area contributed by atoms with E-state index in [-0.39, 0.29) is 5.91 Å². The van der Waals surface area contributed by atoms with Crippen molar-refractivity contribution in [2.75, 3.05) is 61.5 Å². The van der Waals surface area contributed by atoms with Gasteiger partial charge in [0.15, 0.2) is 11.5 Å². The van der Waals surface area contributed by atoms with Crippen molar-refractivity contribution in [3.8, 4) is 11.5 Å². The lowest BCUT2D eigenvalue weighted by Crippen LogP contribution is -2.49.